The van der Waals surface area contributed by atoms with Gasteiger partial charge in [-0.3, -0.25) is 4.90 Å². The van der Waals surface area contributed by atoms with E-state index in [1.54, 1.807) is 23.7 Å². The van der Waals surface area contributed by atoms with Gasteiger partial charge >= 0.3 is 0 Å². The van der Waals surface area contributed by atoms with Gasteiger partial charge in [-0.05, 0) is 23.9 Å². The highest BCUT2D eigenvalue weighted by Crippen LogP contribution is 2.22. The third-order valence-corrected chi connectivity index (χ3v) is 4.77. The molecule has 1 fully saturated rings. The first kappa shape index (κ1) is 14.4. The predicted molar refractivity (Wildman–Crippen MR) is 84.6 cm³/mol. The summed E-state index contributed by atoms with van der Waals surface area (Å²) in [4.78, 5) is 14.3. The molecule has 1 atom stereocenters. The van der Waals surface area contributed by atoms with E-state index in [0.29, 0.717) is 0 Å². The Morgan fingerprint density at radius 1 is 1.14 bits per heavy atom. The van der Waals surface area contributed by atoms with Crippen LogP contribution in [0, 0.1) is 0 Å². The van der Waals surface area contributed by atoms with E-state index in [2.05, 4.69) is 19.8 Å². The molecule has 0 radical (unpaired) electrons. The van der Waals surface area contributed by atoms with E-state index in [9.17, 15) is 5.11 Å². The molecule has 0 saturated carbocycles. The topological polar surface area (TPSA) is 52.5 Å². The summed E-state index contributed by atoms with van der Waals surface area (Å²) in [5, 5.41) is 12.1. The lowest BCUT2D eigenvalue weighted by Crippen LogP contribution is -2.47. The van der Waals surface area contributed by atoms with Gasteiger partial charge in [0.1, 0.15) is 0 Å². The maximum Gasteiger partial charge on any atom is 0.225 e. The lowest BCUT2D eigenvalue weighted by Gasteiger charge is -2.34. The Morgan fingerprint density at radius 3 is 2.57 bits per heavy atom. The highest BCUT2D eigenvalue weighted by molar-refractivity contribution is 7.10. The van der Waals surface area contributed by atoms with Crippen LogP contribution in [0.3, 0.4) is 0 Å². The Bertz CT molecular complexity index is 526. The molecule has 0 amide bonds. The molecule has 3 heterocycles. The van der Waals surface area contributed by atoms with Gasteiger partial charge in [-0.15, -0.1) is 11.3 Å². The van der Waals surface area contributed by atoms with Crippen LogP contribution < -0.4 is 4.90 Å². The third-order valence-electron chi connectivity index (χ3n) is 3.80. The SMILES string of the molecule is OC(CCN1CCN(c2ncccn2)CC1)c1cccs1. The van der Waals surface area contributed by atoms with E-state index in [1.165, 1.54) is 0 Å². The molecule has 21 heavy (non-hydrogen) atoms. The van der Waals surface area contributed by atoms with Crippen molar-refractivity contribution in [1.29, 1.82) is 0 Å². The fraction of sp³-hybridized carbons (Fsp3) is 0.467. The fourth-order valence-corrected chi connectivity index (χ4v) is 3.30. The van der Waals surface area contributed by atoms with Crippen molar-refractivity contribution in [2.75, 3.05) is 37.6 Å². The zero-order valence-electron chi connectivity index (χ0n) is 11.9. The summed E-state index contributed by atoms with van der Waals surface area (Å²) in [7, 11) is 0. The van der Waals surface area contributed by atoms with Crippen molar-refractivity contribution in [1.82, 2.24) is 14.9 Å². The summed E-state index contributed by atoms with van der Waals surface area (Å²) in [5.41, 5.74) is 0. The maximum absolute atomic E-state index is 10.1. The average Bonchev–Trinajstić information content (AvgIpc) is 3.08. The number of piperazine rings is 1. The molecule has 0 aromatic carbocycles. The van der Waals surface area contributed by atoms with Crippen molar-refractivity contribution in [2.24, 2.45) is 0 Å². The Labute approximate surface area is 128 Å². The number of hydrogen-bond donors (Lipinski definition) is 1. The first-order chi connectivity index (χ1) is 10.3. The molecule has 6 heteroatoms. The molecule has 2 aromatic heterocycles. The molecule has 0 aliphatic carbocycles. The van der Waals surface area contributed by atoms with Crippen LogP contribution in [0.5, 0.6) is 0 Å². The lowest BCUT2D eigenvalue weighted by atomic mass is 10.2. The molecule has 1 N–H and O–H groups in total. The minimum absolute atomic E-state index is 0.333. The van der Waals surface area contributed by atoms with Gasteiger partial charge in [0, 0.05) is 50.0 Å². The summed E-state index contributed by atoms with van der Waals surface area (Å²) >= 11 is 1.62. The van der Waals surface area contributed by atoms with Crippen LogP contribution in [-0.4, -0.2) is 52.7 Å². The number of aliphatic hydroxyl groups is 1. The Balaban J connectivity index is 1.44. The number of rotatable bonds is 5. The van der Waals surface area contributed by atoms with Crippen molar-refractivity contribution >= 4 is 17.3 Å². The molecule has 5 nitrogen and oxygen atoms in total. The molecular weight excluding hydrogens is 284 g/mol. The van der Waals surface area contributed by atoms with Gasteiger partial charge in [0.05, 0.1) is 6.10 Å². The van der Waals surface area contributed by atoms with Crippen LogP contribution in [0.4, 0.5) is 5.95 Å². The second kappa shape index (κ2) is 6.98. The third kappa shape index (κ3) is 3.78. The highest BCUT2D eigenvalue weighted by atomic mass is 32.1. The normalized spacial score (nSPS) is 17.9. The first-order valence-corrected chi connectivity index (χ1v) is 8.16. The van der Waals surface area contributed by atoms with Gasteiger partial charge in [-0.1, -0.05) is 6.07 Å². The summed E-state index contributed by atoms with van der Waals surface area (Å²) in [6.07, 6.45) is 4.03. The number of aromatic nitrogens is 2. The van der Waals surface area contributed by atoms with E-state index in [1.807, 2.05) is 23.6 Å². The van der Waals surface area contributed by atoms with E-state index >= 15 is 0 Å². The van der Waals surface area contributed by atoms with Gasteiger partial charge in [0.2, 0.25) is 5.95 Å². The summed E-state index contributed by atoms with van der Waals surface area (Å²) in [6.45, 7) is 4.81. The second-order valence-electron chi connectivity index (χ2n) is 5.20. The van der Waals surface area contributed by atoms with Crippen LogP contribution in [-0.2, 0) is 0 Å². The number of nitrogens with zero attached hydrogens (tertiary/aromatic N) is 4. The molecule has 1 unspecified atom stereocenters. The van der Waals surface area contributed by atoms with E-state index in [4.69, 9.17) is 0 Å². The Morgan fingerprint density at radius 2 is 1.90 bits per heavy atom. The van der Waals surface area contributed by atoms with Crippen LogP contribution >= 0.6 is 11.3 Å². The fourth-order valence-electron chi connectivity index (χ4n) is 2.55. The van der Waals surface area contributed by atoms with Crippen molar-refractivity contribution < 1.29 is 5.11 Å². The summed E-state index contributed by atoms with van der Waals surface area (Å²) in [5.74, 6) is 0.816. The minimum atomic E-state index is -0.333. The molecule has 2 aromatic rings. The molecular formula is C15H20N4OS. The van der Waals surface area contributed by atoms with Crippen LogP contribution in [0.1, 0.15) is 17.4 Å². The van der Waals surface area contributed by atoms with Gasteiger partial charge in [-0.25, -0.2) is 9.97 Å². The van der Waals surface area contributed by atoms with Gasteiger partial charge in [0.25, 0.3) is 0 Å². The molecule has 1 aliphatic rings. The highest BCUT2D eigenvalue weighted by Gasteiger charge is 2.19. The molecule has 1 saturated heterocycles. The number of hydrogen-bond acceptors (Lipinski definition) is 6. The average molecular weight is 304 g/mol. The number of anilines is 1. The van der Waals surface area contributed by atoms with Crippen LogP contribution in [0.15, 0.2) is 36.0 Å². The van der Waals surface area contributed by atoms with Gasteiger partial charge in [-0.2, -0.15) is 0 Å². The zero-order valence-corrected chi connectivity index (χ0v) is 12.7. The predicted octanol–water partition coefficient (Wildman–Crippen LogP) is 1.78. The van der Waals surface area contributed by atoms with Gasteiger partial charge < -0.3 is 10.0 Å². The summed E-state index contributed by atoms with van der Waals surface area (Å²) in [6, 6.07) is 5.83. The van der Waals surface area contributed by atoms with Crippen LogP contribution in [0.25, 0.3) is 0 Å². The number of thiophene rings is 1. The Kier molecular flexibility index (Phi) is 4.80. The second-order valence-corrected chi connectivity index (χ2v) is 6.18. The standard InChI is InChI=1S/C15H20N4OS/c20-13(14-3-1-12-21-14)4-7-18-8-10-19(11-9-18)15-16-5-2-6-17-15/h1-3,5-6,12-13,20H,4,7-11H2. The molecule has 3 rings (SSSR count). The molecule has 0 spiro atoms. The minimum Gasteiger partial charge on any atom is -0.388 e. The van der Waals surface area contributed by atoms with Crippen molar-refractivity contribution in [3.63, 3.8) is 0 Å². The quantitative estimate of drug-likeness (QED) is 0.912. The van der Waals surface area contributed by atoms with Gasteiger partial charge in [0.15, 0.2) is 0 Å². The summed E-state index contributed by atoms with van der Waals surface area (Å²) < 4.78 is 0. The van der Waals surface area contributed by atoms with Crippen molar-refractivity contribution in [2.45, 2.75) is 12.5 Å². The zero-order chi connectivity index (χ0) is 14.5. The lowest BCUT2D eigenvalue weighted by molar-refractivity contribution is 0.142. The van der Waals surface area contributed by atoms with E-state index in [0.717, 1.165) is 50.0 Å². The monoisotopic (exact) mass is 304 g/mol. The Hall–Kier alpha value is -1.50. The van der Waals surface area contributed by atoms with E-state index < -0.39 is 0 Å². The molecule has 112 valence electrons. The van der Waals surface area contributed by atoms with Crippen molar-refractivity contribution in [3.05, 3.63) is 40.8 Å². The van der Waals surface area contributed by atoms with E-state index in [-0.39, 0.29) is 6.10 Å². The van der Waals surface area contributed by atoms with Crippen molar-refractivity contribution in [3.8, 4) is 0 Å². The molecule has 1 aliphatic heterocycles. The smallest absolute Gasteiger partial charge is 0.225 e. The largest absolute Gasteiger partial charge is 0.388 e. The number of aliphatic hydroxyl groups excluding tert-OH is 1. The molecule has 0 bridgehead atoms. The maximum atomic E-state index is 10.1. The first-order valence-electron chi connectivity index (χ1n) is 7.29. The van der Waals surface area contributed by atoms with Crippen LogP contribution in [0.2, 0.25) is 0 Å².